The number of unbranched alkanes of at least 4 members (excludes halogenated alkanes) is 5. The van der Waals surface area contributed by atoms with E-state index in [0.29, 0.717) is 0 Å². The lowest BCUT2D eigenvalue weighted by molar-refractivity contribution is 0.209. The lowest BCUT2D eigenvalue weighted by Crippen LogP contribution is -2.15. The molecule has 1 fully saturated rings. The molecule has 0 bridgehead atoms. The summed E-state index contributed by atoms with van der Waals surface area (Å²) in [5.41, 5.74) is 1.46. The summed E-state index contributed by atoms with van der Waals surface area (Å²) in [4.78, 5) is 0. The van der Waals surface area contributed by atoms with E-state index in [1.54, 1.807) is 0 Å². The lowest BCUT2D eigenvalue weighted by atomic mass is 9.90. The van der Waals surface area contributed by atoms with Crippen LogP contribution in [-0.2, 0) is 6.42 Å². The fourth-order valence-electron chi connectivity index (χ4n) is 3.43. The van der Waals surface area contributed by atoms with Crippen LogP contribution < -0.4 is 4.74 Å². The van der Waals surface area contributed by atoms with Crippen LogP contribution in [0.5, 0.6) is 5.75 Å². The van der Waals surface area contributed by atoms with Gasteiger partial charge >= 0.3 is 0 Å². The van der Waals surface area contributed by atoms with E-state index in [9.17, 15) is 0 Å². The van der Waals surface area contributed by atoms with E-state index in [2.05, 4.69) is 31.2 Å². The summed E-state index contributed by atoms with van der Waals surface area (Å²) in [5, 5.41) is 0. The summed E-state index contributed by atoms with van der Waals surface area (Å²) < 4.78 is 5.97. The smallest absolute Gasteiger partial charge is 0.119 e. The zero-order chi connectivity index (χ0) is 15.5. The van der Waals surface area contributed by atoms with Crippen molar-refractivity contribution in [3.05, 3.63) is 29.8 Å². The maximum atomic E-state index is 5.97. The monoisotopic (exact) mass is 302 g/mol. The molecule has 0 aliphatic heterocycles. The van der Waals surface area contributed by atoms with Crippen molar-refractivity contribution < 1.29 is 4.74 Å². The molecule has 0 aromatic heterocycles. The largest absolute Gasteiger partial charge is 0.493 e. The number of hydrogen-bond donors (Lipinski definition) is 0. The molecule has 22 heavy (non-hydrogen) atoms. The van der Waals surface area contributed by atoms with Gasteiger partial charge in [-0.2, -0.15) is 0 Å². The van der Waals surface area contributed by atoms with Gasteiger partial charge in [-0.05, 0) is 49.3 Å². The molecule has 0 heterocycles. The van der Waals surface area contributed by atoms with Gasteiger partial charge in [-0.3, -0.25) is 0 Å². The predicted octanol–water partition coefficient (Wildman–Crippen LogP) is 6.55. The molecular weight excluding hydrogens is 268 g/mol. The first-order valence-electron chi connectivity index (χ1n) is 9.60. The van der Waals surface area contributed by atoms with Crippen LogP contribution >= 0.6 is 0 Å². The van der Waals surface area contributed by atoms with Crippen molar-refractivity contribution in [2.45, 2.75) is 84.0 Å². The number of ether oxygens (including phenoxy) is 1. The Hall–Kier alpha value is -0.980. The van der Waals surface area contributed by atoms with E-state index in [-0.39, 0.29) is 0 Å². The molecule has 1 aliphatic carbocycles. The third-order valence-corrected chi connectivity index (χ3v) is 4.95. The van der Waals surface area contributed by atoms with Crippen molar-refractivity contribution in [3.8, 4) is 5.75 Å². The van der Waals surface area contributed by atoms with Gasteiger partial charge in [0.2, 0.25) is 0 Å². The first-order valence-corrected chi connectivity index (χ1v) is 9.60. The molecule has 0 unspecified atom stereocenters. The molecule has 1 heteroatoms. The molecule has 124 valence electrons. The standard InChI is InChI=1S/C21H34O/c1-2-3-4-5-6-8-11-19-14-16-21(17-15-19)22-18-20-12-9-7-10-13-20/h14-17,20H,2-13,18H2,1H3. The molecule has 0 amide bonds. The van der Waals surface area contributed by atoms with Crippen LogP contribution in [0.25, 0.3) is 0 Å². The summed E-state index contributed by atoms with van der Waals surface area (Å²) in [6, 6.07) is 8.83. The molecule has 0 N–H and O–H groups in total. The minimum Gasteiger partial charge on any atom is -0.493 e. The molecule has 1 saturated carbocycles. The van der Waals surface area contributed by atoms with Crippen molar-refractivity contribution in [1.29, 1.82) is 0 Å². The van der Waals surface area contributed by atoms with Crippen LogP contribution in [0.1, 0.15) is 83.1 Å². The van der Waals surface area contributed by atoms with Crippen LogP contribution in [-0.4, -0.2) is 6.61 Å². The van der Waals surface area contributed by atoms with Crippen molar-refractivity contribution in [2.24, 2.45) is 5.92 Å². The quantitative estimate of drug-likeness (QED) is 0.445. The maximum absolute atomic E-state index is 5.97. The summed E-state index contributed by atoms with van der Waals surface area (Å²) in [7, 11) is 0. The predicted molar refractivity (Wildman–Crippen MR) is 95.6 cm³/mol. The Bertz CT molecular complexity index is 375. The van der Waals surface area contributed by atoms with Crippen molar-refractivity contribution >= 4 is 0 Å². The summed E-state index contributed by atoms with van der Waals surface area (Å²) in [6.45, 7) is 3.19. The molecule has 0 spiro atoms. The van der Waals surface area contributed by atoms with Crippen LogP contribution in [0.3, 0.4) is 0 Å². The zero-order valence-corrected chi connectivity index (χ0v) is 14.5. The average molecular weight is 303 g/mol. The third-order valence-electron chi connectivity index (χ3n) is 4.95. The molecule has 2 rings (SSSR count). The summed E-state index contributed by atoms with van der Waals surface area (Å²) >= 11 is 0. The Balaban J connectivity index is 1.60. The highest BCUT2D eigenvalue weighted by molar-refractivity contribution is 5.27. The molecule has 0 saturated heterocycles. The SMILES string of the molecule is CCCCCCCCc1ccc(OCC2CCCCC2)cc1. The summed E-state index contributed by atoms with van der Waals surface area (Å²) in [5.74, 6) is 1.84. The highest BCUT2D eigenvalue weighted by Gasteiger charge is 2.13. The topological polar surface area (TPSA) is 9.23 Å². The molecule has 1 aromatic rings. The maximum Gasteiger partial charge on any atom is 0.119 e. The van der Waals surface area contributed by atoms with Crippen LogP contribution in [0, 0.1) is 5.92 Å². The van der Waals surface area contributed by atoms with Crippen LogP contribution in [0.2, 0.25) is 0 Å². The van der Waals surface area contributed by atoms with E-state index in [4.69, 9.17) is 4.74 Å². The molecule has 0 atom stereocenters. The Kier molecular flexibility index (Phi) is 8.45. The highest BCUT2D eigenvalue weighted by Crippen LogP contribution is 2.24. The van der Waals surface area contributed by atoms with Gasteiger partial charge in [-0.15, -0.1) is 0 Å². The fraction of sp³-hybridized carbons (Fsp3) is 0.714. The van der Waals surface area contributed by atoms with Crippen LogP contribution in [0.15, 0.2) is 24.3 Å². The Labute approximate surface area is 137 Å². The second-order valence-electron chi connectivity index (χ2n) is 6.98. The van der Waals surface area contributed by atoms with E-state index in [1.165, 1.54) is 82.6 Å². The lowest BCUT2D eigenvalue weighted by Gasteiger charge is -2.21. The van der Waals surface area contributed by atoms with Gasteiger partial charge in [-0.25, -0.2) is 0 Å². The van der Waals surface area contributed by atoms with Crippen molar-refractivity contribution in [3.63, 3.8) is 0 Å². The zero-order valence-electron chi connectivity index (χ0n) is 14.5. The van der Waals surface area contributed by atoms with Gasteiger partial charge in [-0.1, -0.05) is 70.4 Å². The van der Waals surface area contributed by atoms with Gasteiger partial charge in [0.15, 0.2) is 0 Å². The molecular formula is C21H34O. The van der Waals surface area contributed by atoms with E-state index >= 15 is 0 Å². The van der Waals surface area contributed by atoms with Gasteiger partial charge < -0.3 is 4.74 Å². The van der Waals surface area contributed by atoms with E-state index in [0.717, 1.165) is 18.3 Å². The van der Waals surface area contributed by atoms with Gasteiger partial charge in [0, 0.05) is 0 Å². The highest BCUT2D eigenvalue weighted by atomic mass is 16.5. The second kappa shape index (κ2) is 10.7. The minimum absolute atomic E-state index is 0.788. The number of benzene rings is 1. The second-order valence-corrected chi connectivity index (χ2v) is 6.98. The Morgan fingerprint density at radius 1 is 0.864 bits per heavy atom. The molecule has 1 nitrogen and oxygen atoms in total. The third kappa shape index (κ3) is 6.85. The molecule has 1 aliphatic rings. The minimum atomic E-state index is 0.788. The first kappa shape index (κ1) is 17.4. The van der Waals surface area contributed by atoms with Gasteiger partial charge in [0.25, 0.3) is 0 Å². The normalized spacial score (nSPS) is 15.9. The van der Waals surface area contributed by atoms with E-state index < -0.39 is 0 Å². The van der Waals surface area contributed by atoms with Crippen LogP contribution in [0.4, 0.5) is 0 Å². The fourth-order valence-corrected chi connectivity index (χ4v) is 3.43. The number of aryl methyl sites for hydroxylation is 1. The van der Waals surface area contributed by atoms with E-state index in [1.807, 2.05) is 0 Å². The molecule has 1 aromatic carbocycles. The first-order chi connectivity index (χ1) is 10.9. The van der Waals surface area contributed by atoms with Crippen molar-refractivity contribution in [2.75, 3.05) is 6.61 Å². The number of hydrogen-bond acceptors (Lipinski definition) is 1. The molecule has 0 radical (unpaired) electrons. The van der Waals surface area contributed by atoms with Crippen molar-refractivity contribution in [1.82, 2.24) is 0 Å². The average Bonchev–Trinajstić information content (AvgIpc) is 2.58. The number of rotatable bonds is 10. The van der Waals surface area contributed by atoms with Gasteiger partial charge in [0.05, 0.1) is 6.61 Å². The Morgan fingerprint density at radius 2 is 1.55 bits per heavy atom. The Morgan fingerprint density at radius 3 is 2.27 bits per heavy atom. The van der Waals surface area contributed by atoms with Gasteiger partial charge in [0.1, 0.15) is 5.75 Å². The summed E-state index contributed by atoms with van der Waals surface area (Å²) in [6.07, 6.45) is 16.4.